The fraction of sp³-hybridized carbons (Fsp3) is 0.882. The molecule has 1 amide bonds. The SMILES string of the molecule is CCCC(C#N)(CCC)C(=O)NC1CC(C)CC(C)C1. The standard InChI is InChI=1S/C17H30N2O/c1-5-7-17(12-18,8-6-2)16(20)19-15-10-13(3)9-14(4)11-15/h13-15H,5-11H2,1-4H3,(H,19,20). The first kappa shape index (κ1) is 17.0. The number of carbonyl (C=O) groups is 1. The summed E-state index contributed by atoms with van der Waals surface area (Å²) in [6.07, 6.45) is 6.43. The third kappa shape index (κ3) is 4.23. The molecule has 2 unspecified atom stereocenters. The van der Waals surface area contributed by atoms with Crippen molar-refractivity contribution in [2.45, 2.75) is 78.7 Å². The number of nitrogens with zero attached hydrogens (tertiary/aromatic N) is 1. The Hall–Kier alpha value is -1.04. The lowest BCUT2D eigenvalue weighted by Crippen LogP contribution is -2.47. The minimum Gasteiger partial charge on any atom is -0.352 e. The highest BCUT2D eigenvalue weighted by Crippen LogP contribution is 2.32. The molecule has 1 rings (SSSR count). The molecule has 0 aromatic rings. The second-order valence-corrected chi connectivity index (χ2v) is 6.78. The average Bonchev–Trinajstić information content (AvgIpc) is 2.36. The van der Waals surface area contributed by atoms with Crippen molar-refractivity contribution in [1.29, 1.82) is 5.26 Å². The fourth-order valence-electron chi connectivity index (χ4n) is 3.76. The maximum atomic E-state index is 12.6. The second-order valence-electron chi connectivity index (χ2n) is 6.78. The summed E-state index contributed by atoms with van der Waals surface area (Å²) in [4.78, 5) is 12.6. The molecule has 0 heterocycles. The van der Waals surface area contributed by atoms with E-state index in [9.17, 15) is 10.1 Å². The summed E-state index contributed by atoms with van der Waals surface area (Å²) in [6.45, 7) is 8.59. The van der Waals surface area contributed by atoms with E-state index in [2.05, 4.69) is 25.2 Å². The lowest BCUT2D eigenvalue weighted by Gasteiger charge is -2.34. The van der Waals surface area contributed by atoms with Gasteiger partial charge < -0.3 is 5.32 Å². The average molecular weight is 278 g/mol. The molecule has 1 fully saturated rings. The molecular weight excluding hydrogens is 248 g/mol. The maximum absolute atomic E-state index is 12.6. The third-order valence-electron chi connectivity index (χ3n) is 4.52. The van der Waals surface area contributed by atoms with Crippen molar-refractivity contribution in [1.82, 2.24) is 5.32 Å². The highest BCUT2D eigenvalue weighted by molar-refractivity contribution is 5.85. The topological polar surface area (TPSA) is 52.9 Å². The summed E-state index contributed by atoms with van der Waals surface area (Å²) in [6, 6.07) is 2.57. The maximum Gasteiger partial charge on any atom is 0.240 e. The molecule has 0 bridgehead atoms. The van der Waals surface area contributed by atoms with E-state index in [1.54, 1.807) is 0 Å². The quantitative estimate of drug-likeness (QED) is 0.797. The summed E-state index contributed by atoms with van der Waals surface area (Å²) in [5.41, 5.74) is -0.812. The Morgan fingerprint density at radius 2 is 1.65 bits per heavy atom. The predicted octanol–water partition coefficient (Wildman–Crippen LogP) is 4.04. The molecule has 0 spiro atoms. The van der Waals surface area contributed by atoms with Gasteiger partial charge in [0.05, 0.1) is 6.07 Å². The Bertz CT molecular complexity index is 342. The summed E-state index contributed by atoms with van der Waals surface area (Å²) in [5.74, 6) is 1.30. The minimum absolute atomic E-state index is 0.0324. The van der Waals surface area contributed by atoms with Gasteiger partial charge in [-0.15, -0.1) is 0 Å². The Kier molecular flexibility index (Phi) is 6.52. The van der Waals surface area contributed by atoms with Crippen LogP contribution in [-0.4, -0.2) is 11.9 Å². The molecule has 20 heavy (non-hydrogen) atoms. The van der Waals surface area contributed by atoms with Crippen LogP contribution in [0.3, 0.4) is 0 Å². The Morgan fingerprint density at radius 1 is 1.15 bits per heavy atom. The molecule has 0 aromatic carbocycles. The largest absolute Gasteiger partial charge is 0.352 e. The molecule has 0 saturated heterocycles. The third-order valence-corrected chi connectivity index (χ3v) is 4.52. The van der Waals surface area contributed by atoms with Gasteiger partial charge in [-0.3, -0.25) is 4.79 Å². The number of carbonyl (C=O) groups excluding carboxylic acids is 1. The molecule has 1 aliphatic rings. The van der Waals surface area contributed by atoms with Crippen LogP contribution in [0.5, 0.6) is 0 Å². The molecule has 2 atom stereocenters. The molecule has 0 radical (unpaired) electrons. The van der Waals surface area contributed by atoms with E-state index in [4.69, 9.17) is 0 Å². The van der Waals surface area contributed by atoms with Gasteiger partial charge in [0, 0.05) is 6.04 Å². The van der Waals surface area contributed by atoms with Crippen molar-refractivity contribution in [2.75, 3.05) is 0 Å². The fourth-order valence-corrected chi connectivity index (χ4v) is 3.76. The Balaban J connectivity index is 2.73. The normalized spacial score (nSPS) is 26.9. The van der Waals surface area contributed by atoms with Crippen LogP contribution < -0.4 is 5.32 Å². The Morgan fingerprint density at radius 3 is 2.05 bits per heavy atom. The number of hydrogen-bond acceptors (Lipinski definition) is 2. The van der Waals surface area contributed by atoms with Crippen molar-refractivity contribution in [3.05, 3.63) is 0 Å². The first-order valence-electron chi connectivity index (χ1n) is 8.19. The van der Waals surface area contributed by atoms with Gasteiger partial charge in [0.2, 0.25) is 5.91 Å². The molecule has 1 N–H and O–H groups in total. The van der Waals surface area contributed by atoms with Crippen LogP contribution >= 0.6 is 0 Å². The van der Waals surface area contributed by atoms with Gasteiger partial charge in [-0.05, 0) is 43.9 Å². The van der Waals surface area contributed by atoms with E-state index in [0.29, 0.717) is 24.7 Å². The molecule has 3 heteroatoms. The molecule has 3 nitrogen and oxygen atoms in total. The lowest BCUT2D eigenvalue weighted by molar-refractivity contribution is -0.130. The highest BCUT2D eigenvalue weighted by atomic mass is 16.2. The number of amides is 1. The van der Waals surface area contributed by atoms with E-state index in [1.807, 2.05) is 13.8 Å². The second kappa shape index (κ2) is 7.67. The van der Waals surface area contributed by atoms with Gasteiger partial charge >= 0.3 is 0 Å². The van der Waals surface area contributed by atoms with Crippen LogP contribution in [0, 0.1) is 28.6 Å². The lowest BCUT2D eigenvalue weighted by atomic mass is 9.77. The van der Waals surface area contributed by atoms with Crippen molar-refractivity contribution in [2.24, 2.45) is 17.3 Å². The van der Waals surface area contributed by atoms with Gasteiger partial charge in [0.1, 0.15) is 5.41 Å². The number of nitrogens with one attached hydrogen (secondary N) is 1. The minimum atomic E-state index is -0.812. The van der Waals surface area contributed by atoms with Crippen LogP contribution in [0.25, 0.3) is 0 Å². The van der Waals surface area contributed by atoms with Gasteiger partial charge in [-0.25, -0.2) is 0 Å². The van der Waals surface area contributed by atoms with Crippen molar-refractivity contribution >= 4 is 5.91 Å². The smallest absolute Gasteiger partial charge is 0.240 e. The summed E-state index contributed by atoms with van der Waals surface area (Å²) >= 11 is 0. The van der Waals surface area contributed by atoms with Crippen LogP contribution in [-0.2, 0) is 4.79 Å². The van der Waals surface area contributed by atoms with Crippen LogP contribution in [0.2, 0.25) is 0 Å². The van der Waals surface area contributed by atoms with Crippen molar-refractivity contribution < 1.29 is 4.79 Å². The zero-order chi connectivity index (χ0) is 15.2. The van der Waals surface area contributed by atoms with Crippen molar-refractivity contribution in [3.8, 4) is 6.07 Å². The van der Waals surface area contributed by atoms with E-state index in [0.717, 1.165) is 25.7 Å². The van der Waals surface area contributed by atoms with Crippen LogP contribution in [0.4, 0.5) is 0 Å². The predicted molar refractivity (Wildman–Crippen MR) is 82.0 cm³/mol. The zero-order valence-corrected chi connectivity index (χ0v) is 13.5. The molecule has 1 aliphatic carbocycles. The summed E-state index contributed by atoms with van der Waals surface area (Å²) in [5, 5.41) is 12.7. The number of hydrogen-bond donors (Lipinski definition) is 1. The van der Waals surface area contributed by atoms with E-state index >= 15 is 0 Å². The molecule has 0 aromatic heterocycles. The summed E-state index contributed by atoms with van der Waals surface area (Å²) < 4.78 is 0. The molecule has 0 aliphatic heterocycles. The first-order valence-corrected chi connectivity index (χ1v) is 8.19. The first-order chi connectivity index (χ1) is 9.47. The monoisotopic (exact) mass is 278 g/mol. The molecular formula is C17H30N2O. The van der Waals surface area contributed by atoms with Gasteiger partial charge in [0.25, 0.3) is 0 Å². The van der Waals surface area contributed by atoms with Crippen LogP contribution in [0.1, 0.15) is 72.6 Å². The van der Waals surface area contributed by atoms with E-state index in [-0.39, 0.29) is 11.9 Å². The van der Waals surface area contributed by atoms with E-state index in [1.165, 1.54) is 6.42 Å². The van der Waals surface area contributed by atoms with Crippen molar-refractivity contribution in [3.63, 3.8) is 0 Å². The molecule has 1 saturated carbocycles. The molecule has 114 valence electrons. The van der Waals surface area contributed by atoms with E-state index < -0.39 is 5.41 Å². The van der Waals surface area contributed by atoms with Gasteiger partial charge in [-0.2, -0.15) is 5.26 Å². The Labute approximate surface area is 124 Å². The van der Waals surface area contributed by atoms with Crippen LogP contribution in [0.15, 0.2) is 0 Å². The summed E-state index contributed by atoms with van der Waals surface area (Å²) in [7, 11) is 0. The zero-order valence-electron chi connectivity index (χ0n) is 13.5. The van der Waals surface area contributed by atoms with Gasteiger partial charge in [0.15, 0.2) is 0 Å². The highest BCUT2D eigenvalue weighted by Gasteiger charge is 2.38. The number of rotatable bonds is 6. The van der Waals surface area contributed by atoms with Gasteiger partial charge in [-0.1, -0.05) is 40.5 Å². The number of nitriles is 1.